The van der Waals surface area contributed by atoms with Crippen molar-refractivity contribution >= 4 is 22.9 Å². The van der Waals surface area contributed by atoms with Gasteiger partial charge >= 0.3 is 0 Å². The summed E-state index contributed by atoms with van der Waals surface area (Å²) in [6, 6.07) is 3.95. The van der Waals surface area contributed by atoms with Crippen LogP contribution in [0.3, 0.4) is 0 Å². The van der Waals surface area contributed by atoms with E-state index in [1.54, 1.807) is 6.20 Å². The van der Waals surface area contributed by atoms with Crippen LogP contribution in [0.25, 0.3) is 0 Å². The van der Waals surface area contributed by atoms with Gasteiger partial charge in [-0.25, -0.2) is 0 Å². The molecule has 88 valence electrons. The molecule has 1 rings (SSSR count). The highest BCUT2D eigenvalue weighted by Gasteiger charge is 2.11. The quantitative estimate of drug-likeness (QED) is 0.771. The van der Waals surface area contributed by atoms with E-state index in [0.717, 1.165) is 24.5 Å². The average molecular weight is 237 g/mol. The van der Waals surface area contributed by atoms with Gasteiger partial charge in [0.15, 0.2) is 0 Å². The van der Waals surface area contributed by atoms with Crippen LogP contribution in [0, 0.1) is 0 Å². The van der Waals surface area contributed by atoms with E-state index >= 15 is 0 Å². The molecule has 0 radical (unpaired) electrons. The summed E-state index contributed by atoms with van der Waals surface area (Å²) in [4.78, 5) is 6.88. The van der Waals surface area contributed by atoms with Crippen LogP contribution in [0.2, 0.25) is 0 Å². The minimum absolute atomic E-state index is 0.366. The van der Waals surface area contributed by atoms with E-state index in [0.29, 0.717) is 4.99 Å². The molecule has 4 heteroatoms. The number of pyridine rings is 1. The Morgan fingerprint density at radius 2 is 2.25 bits per heavy atom. The van der Waals surface area contributed by atoms with Gasteiger partial charge in [-0.15, -0.1) is 0 Å². The summed E-state index contributed by atoms with van der Waals surface area (Å²) < 4.78 is 0. The molecule has 0 fully saturated rings. The minimum Gasteiger partial charge on any atom is -0.388 e. The molecule has 0 saturated carbocycles. The summed E-state index contributed by atoms with van der Waals surface area (Å²) >= 11 is 5.02. The third kappa shape index (κ3) is 3.17. The summed E-state index contributed by atoms with van der Waals surface area (Å²) in [5, 5.41) is 0. The van der Waals surface area contributed by atoms with Crippen LogP contribution in [-0.4, -0.2) is 23.1 Å². The molecular weight excluding hydrogens is 218 g/mol. The normalized spacial score (nSPS) is 10.1. The van der Waals surface area contributed by atoms with Crippen molar-refractivity contribution in [2.24, 2.45) is 5.73 Å². The lowest BCUT2D eigenvalue weighted by Gasteiger charge is -2.24. The third-order valence-corrected chi connectivity index (χ3v) is 2.72. The molecule has 1 aromatic rings. The summed E-state index contributed by atoms with van der Waals surface area (Å²) in [5.41, 5.74) is 7.46. The SMILES string of the molecule is CCCCN(CC)c1cccnc1C(N)=S. The lowest BCUT2D eigenvalue weighted by molar-refractivity contribution is 0.730. The molecule has 1 aromatic heterocycles. The van der Waals surface area contributed by atoms with Crippen LogP contribution in [-0.2, 0) is 0 Å². The molecule has 16 heavy (non-hydrogen) atoms. The lowest BCUT2D eigenvalue weighted by atomic mass is 10.2. The van der Waals surface area contributed by atoms with Crippen LogP contribution in [0.5, 0.6) is 0 Å². The molecule has 0 spiro atoms. The van der Waals surface area contributed by atoms with Crippen molar-refractivity contribution in [3.63, 3.8) is 0 Å². The van der Waals surface area contributed by atoms with Gasteiger partial charge in [-0.05, 0) is 25.5 Å². The number of nitrogens with zero attached hydrogens (tertiary/aromatic N) is 2. The zero-order valence-electron chi connectivity index (χ0n) is 9.94. The lowest BCUT2D eigenvalue weighted by Crippen LogP contribution is -2.27. The molecule has 3 nitrogen and oxygen atoms in total. The smallest absolute Gasteiger partial charge is 0.124 e. The van der Waals surface area contributed by atoms with Crippen molar-refractivity contribution < 1.29 is 0 Å². The molecule has 0 aliphatic rings. The maximum absolute atomic E-state index is 5.68. The molecule has 0 aliphatic carbocycles. The number of aromatic nitrogens is 1. The first kappa shape index (κ1) is 12.9. The molecule has 0 aromatic carbocycles. The number of unbranched alkanes of at least 4 members (excludes halogenated alkanes) is 1. The topological polar surface area (TPSA) is 42.2 Å². The van der Waals surface area contributed by atoms with Crippen molar-refractivity contribution in [3.8, 4) is 0 Å². The van der Waals surface area contributed by atoms with Crippen LogP contribution < -0.4 is 10.6 Å². The van der Waals surface area contributed by atoms with E-state index in [1.807, 2.05) is 12.1 Å². The van der Waals surface area contributed by atoms with E-state index in [-0.39, 0.29) is 0 Å². The second kappa shape index (κ2) is 6.43. The van der Waals surface area contributed by atoms with Crippen molar-refractivity contribution in [1.82, 2.24) is 4.98 Å². The Labute approximate surface area is 103 Å². The van der Waals surface area contributed by atoms with Gasteiger partial charge in [-0.3, -0.25) is 4.98 Å². The van der Waals surface area contributed by atoms with Crippen molar-refractivity contribution in [3.05, 3.63) is 24.0 Å². The number of anilines is 1. The van der Waals surface area contributed by atoms with Crippen molar-refractivity contribution in [2.45, 2.75) is 26.7 Å². The highest BCUT2D eigenvalue weighted by Crippen LogP contribution is 2.18. The van der Waals surface area contributed by atoms with Gasteiger partial charge in [0.1, 0.15) is 10.7 Å². The number of thiocarbonyl (C=S) groups is 1. The van der Waals surface area contributed by atoms with Gasteiger partial charge in [0.25, 0.3) is 0 Å². The number of nitrogens with two attached hydrogens (primary N) is 1. The maximum Gasteiger partial charge on any atom is 0.124 e. The molecule has 0 aliphatic heterocycles. The van der Waals surface area contributed by atoms with E-state index in [4.69, 9.17) is 18.0 Å². The van der Waals surface area contributed by atoms with Gasteiger partial charge < -0.3 is 10.6 Å². The molecule has 0 saturated heterocycles. The van der Waals surface area contributed by atoms with E-state index < -0.39 is 0 Å². The minimum atomic E-state index is 0.366. The Balaban J connectivity index is 2.94. The Kier molecular flexibility index (Phi) is 5.19. The van der Waals surface area contributed by atoms with Crippen LogP contribution >= 0.6 is 12.2 Å². The van der Waals surface area contributed by atoms with Gasteiger partial charge in [0.05, 0.1) is 5.69 Å². The fourth-order valence-electron chi connectivity index (χ4n) is 1.64. The monoisotopic (exact) mass is 237 g/mol. The summed E-state index contributed by atoms with van der Waals surface area (Å²) in [6.45, 7) is 6.28. The maximum atomic E-state index is 5.68. The van der Waals surface area contributed by atoms with Gasteiger partial charge in [0, 0.05) is 19.3 Å². The Morgan fingerprint density at radius 3 is 2.81 bits per heavy atom. The molecule has 0 bridgehead atoms. The molecule has 0 amide bonds. The highest BCUT2D eigenvalue weighted by atomic mass is 32.1. The zero-order chi connectivity index (χ0) is 12.0. The largest absolute Gasteiger partial charge is 0.388 e. The predicted molar refractivity (Wildman–Crippen MR) is 72.9 cm³/mol. The average Bonchev–Trinajstić information content (AvgIpc) is 2.30. The first-order valence-corrected chi connectivity index (χ1v) is 6.11. The third-order valence-electron chi connectivity index (χ3n) is 2.52. The molecular formula is C12H19N3S. The first-order valence-electron chi connectivity index (χ1n) is 5.70. The Morgan fingerprint density at radius 1 is 1.50 bits per heavy atom. The molecule has 0 unspecified atom stereocenters. The van der Waals surface area contributed by atoms with Gasteiger partial charge in [-0.1, -0.05) is 25.6 Å². The molecule has 2 N–H and O–H groups in total. The van der Waals surface area contributed by atoms with Crippen LogP contribution in [0.4, 0.5) is 5.69 Å². The fourth-order valence-corrected chi connectivity index (χ4v) is 1.80. The van der Waals surface area contributed by atoms with Crippen LogP contribution in [0.15, 0.2) is 18.3 Å². The second-order valence-corrected chi connectivity index (χ2v) is 4.11. The fraction of sp³-hybridized carbons (Fsp3) is 0.500. The van der Waals surface area contributed by atoms with E-state index in [9.17, 15) is 0 Å². The second-order valence-electron chi connectivity index (χ2n) is 3.67. The van der Waals surface area contributed by atoms with Crippen LogP contribution in [0.1, 0.15) is 32.4 Å². The van der Waals surface area contributed by atoms with Gasteiger partial charge in [0.2, 0.25) is 0 Å². The Hall–Kier alpha value is -1.16. The van der Waals surface area contributed by atoms with Gasteiger partial charge in [-0.2, -0.15) is 0 Å². The predicted octanol–water partition coefficient (Wildman–Crippen LogP) is 2.34. The number of hydrogen-bond donors (Lipinski definition) is 1. The Bertz CT molecular complexity index is 352. The number of rotatable bonds is 6. The summed E-state index contributed by atoms with van der Waals surface area (Å²) in [6.07, 6.45) is 4.07. The standard InChI is InChI=1S/C12H19N3S/c1-3-5-9-15(4-2)10-7-6-8-14-11(10)12(13)16/h6-8H,3-5,9H2,1-2H3,(H2,13,16). The summed E-state index contributed by atoms with van der Waals surface area (Å²) in [7, 11) is 0. The van der Waals surface area contributed by atoms with Crippen molar-refractivity contribution in [1.29, 1.82) is 0 Å². The first-order chi connectivity index (χ1) is 7.70. The van der Waals surface area contributed by atoms with E-state index in [1.165, 1.54) is 12.8 Å². The van der Waals surface area contributed by atoms with Crippen molar-refractivity contribution in [2.75, 3.05) is 18.0 Å². The highest BCUT2D eigenvalue weighted by molar-refractivity contribution is 7.80. The number of hydrogen-bond acceptors (Lipinski definition) is 3. The zero-order valence-corrected chi connectivity index (χ0v) is 10.8. The summed E-state index contributed by atoms with van der Waals surface area (Å²) in [5.74, 6) is 0. The molecule has 0 atom stereocenters. The van der Waals surface area contributed by atoms with E-state index in [2.05, 4.69) is 23.7 Å². The molecule has 1 heterocycles.